The summed E-state index contributed by atoms with van der Waals surface area (Å²) in [4.78, 5) is 5.27. The van der Waals surface area contributed by atoms with Gasteiger partial charge in [-0.25, -0.2) is 4.99 Å². The standard InChI is InChI=1S/C32H19N3O/c1-2-7-18(8-3-1)19-13-14-25-26(15-19)34-32-30(33-25)22-11-6-10-21-23-16-24-20-9-4-5-12-28(20)36-29(24)17-27(23)35(32)31(21)22/h1-17,25,33H. The molecule has 4 aromatic carbocycles. The summed E-state index contributed by atoms with van der Waals surface area (Å²) >= 11 is 0. The summed E-state index contributed by atoms with van der Waals surface area (Å²) in [5, 5.41) is 9.75. The van der Waals surface area contributed by atoms with Crippen molar-refractivity contribution in [2.45, 2.75) is 6.04 Å². The van der Waals surface area contributed by atoms with Gasteiger partial charge in [0, 0.05) is 33.0 Å². The molecule has 0 saturated heterocycles. The largest absolute Gasteiger partial charge is 0.456 e. The van der Waals surface area contributed by atoms with Crippen LogP contribution in [0.4, 0.5) is 11.5 Å². The summed E-state index contributed by atoms with van der Waals surface area (Å²) in [6, 6.07) is 29.8. The molecule has 1 atom stereocenters. The summed E-state index contributed by atoms with van der Waals surface area (Å²) in [5.41, 5.74) is 8.66. The van der Waals surface area contributed by atoms with Crippen molar-refractivity contribution in [3.8, 4) is 0 Å². The Labute approximate surface area is 205 Å². The van der Waals surface area contributed by atoms with Crippen LogP contribution in [0.25, 0.3) is 54.7 Å². The van der Waals surface area contributed by atoms with Crippen LogP contribution in [0.1, 0.15) is 5.56 Å². The van der Waals surface area contributed by atoms with Crippen LogP contribution in [-0.4, -0.2) is 16.2 Å². The van der Waals surface area contributed by atoms with Crippen molar-refractivity contribution >= 4 is 71.9 Å². The van der Waals surface area contributed by atoms with Crippen LogP contribution in [0.5, 0.6) is 0 Å². The summed E-state index contributed by atoms with van der Waals surface area (Å²) < 4.78 is 8.57. The first-order valence-corrected chi connectivity index (χ1v) is 12.3. The molecule has 9 rings (SSSR count). The van der Waals surface area contributed by atoms with Gasteiger partial charge < -0.3 is 9.73 Å². The van der Waals surface area contributed by atoms with Gasteiger partial charge in [-0.15, -0.1) is 0 Å². The number of nitrogens with one attached hydrogen (secondary N) is 1. The SMILES string of the molecule is C1=CC2Nc3c(n4c5cc6oc7ccccc7c6cc5c5cccc3c54)N=C2C=C1c1ccccc1. The third-order valence-corrected chi connectivity index (χ3v) is 7.72. The number of allylic oxidation sites excluding steroid dienone is 2. The molecule has 0 spiro atoms. The van der Waals surface area contributed by atoms with Crippen molar-refractivity contribution in [1.82, 2.24) is 4.40 Å². The molecule has 7 aromatic rings. The number of furan rings is 1. The topological polar surface area (TPSA) is 41.9 Å². The Balaban J connectivity index is 1.36. The van der Waals surface area contributed by atoms with E-state index in [2.05, 4.69) is 94.7 Å². The van der Waals surface area contributed by atoms with Crippen LogP contribution in [0.15, 0.2) is 113 Å². The quantitative estimate of drug-likeness (QED) is 0.268. The number of fused-ring (bicyclic) bond motifs is 10. The molecule has 0 saturated carbocycles. The number of rotatable bonds is 1. The lowest BCUT2D eigenvalue weighted by molar-refractivity contribution is 0.669. The molecule has 4 nitrogen and oxygen atoms in total. The molecule has 1 aliphatic heterocycles. The predicted octanol–water partition coefficient (Wildman–Crippen LogP) is 8.10. The van der Waals surface area contributed by atoms with Gasteiger partial charge in [0.25, 0.3) is 0 Å². The maximum atomic E-state index is 6.26. The zero-order valence-corrected chi connectivity index (χ0v) is 19.2. The second-order valence-electron chi connectivity index (χ2n) is 9.68. The molecular weight excluding hydrogens is 442 g/mol. The van der Waals surface area contributed by atoms with E-state index in [9.17, 15) is 0 Å². The minimum absolute atomic E-state index is 0.0596. The molecule has 36 heavy (non-hydrogen) atoms. The number of nitrogens with zero attached hydrogens (tertiary/aromatic N) is 2. The van der Waals surface area contributed by atoms with Crippen LogP contribution >= 0.6 is 0 Å². The summed E-state index contributed by atoms with van der Waals surface area (Å²) in [7, 11) is 0. The smallest absolute Gasteiger partial charge is 0.162 e. The van der Waals surface area contributed by atoms with Crippen molar-refractivity contribution in [2.24, 2.45) is 4.99 Å². The molecule has 1 aliphatic carbocycles. The van der Waals surface area contributed by atoms with Crippen LogP contribution in [-0.2, 0) is 0 Å². The van der Waals surface area contributed by atoms with Crippen LogP contribution in [0.2, 0.25) is 0 Å². The second kappa shape index (κ2) is 6.43. The normalized spacial score (nSPS) is 17.1. The van der Waals surface area contributed by atoms with Gasteiger partial charge in [0.1, 0.15) is 11.2 Å². The molecular formula is C32H19N3O. The lowest BCUT2D eigenvalue weighted by atomic mass is 9.94. The maximum absolute atomic E-state index is 6.26. The zero-order chi connectivity index (χ0) is 23.4. The zero-order valence-electron chi connectivity index (χ0n) is 19.2. The number of benzene rings is 4. The average Bonchev–Trinajstić information content (AvgIpc) is 3.57. The number of hydrogen-bond acceptors (Lipinski definition) is 3. The third kappa shape index (κ3) is 2.26. The Morgan fingerprint density at radius 1 is 0.750 bits per heavy atom. The number of aromatic nitrogens is 1. The summed E-state index contributed by atoms with van der Waals surface area (Å²) in [6.07, 6.45) is 6.62. The molecule has 1 unspecified atom stereocenters. The van der Waals surface area contributed by atoms with E-state index in [0.29, 0.717) is 0 Å². The van der Waals surface area contributed by atoms with Crippen molar-refractivity contribution in [3.05, 3.63) is 109 Å². The molecule has 2 aliphatic rings. The molecule has 0 amide bonds. The van der Waals surface area contributed by atoms with Crippen molar-refractivity contribution in [2.75, 3.05) is 5.32 Å². The number of aliphatic imine (C=N–C) groups is 1. The van der Waals surface area contributed by atoms with Crippen molar-refractivity contribution < 1.29 is 4.42 Å². The van der Waals surface area contributed by atoms with Gasteiger partial charge in [0.2, 0.25) is 0 Å². The Morgan fingerprint density at radius 2 is 1.58 bits per heavy atom. The van der Waals surface area contributed by atoms with E-state index < -0.39 is 0 Å². The van der Waals surface area contributed by atoms with Crippen LogP contribution in [0, 0.1) is 0 Å². The van der Waals surface area contributed by atoms with Gasteiger partial charge in [-0.3, -0.25) is 4.40 Å². The summed E-state index contributed by atoms with van der Waals surface area (Å²) in [6.45, 7) is 0. The Hall–Kier alpha value is -4.83. The average molecular weight is 462 g/mol. The highest BCUT2D eigenvalue weighted by molar-refractivity contribution is 6.25. The monoisotopic (exact) mass is 461 g/mol. The fraction of sp³-hybridized carbons (Fsp3) is 0.0312. The minimum atomic E-state index is 0.0596. The molecule has 168 valence electrons. The maximum Gasteiger partial charge on any atom is 0.162 e. The lowest BCUT2D eigenvalue weighted by Crippen LogP contribution is -2.30. The van der Waals surface area contributed by atoms with Gasteiger partial charge in [0.05, 0.1) is 28.5 Å². The molecule has 0 bridgehead atoms. The highest BCUT2D eigenvalue weighted by Crippen LogP contribution is 2.47. The number of anilines is 1. The van der Waals surface area contributed by atoms with E-state index in [1.165, 1.54) is 32.8 Å². The van der Waals surface area contributed by atoms with Gasteiger partial charge >= 0.3 is 0 Å². The third-order valence-electron chi connectivity index (χ3n) is 7.72. The van der Waals surface area contributed by atoms with Gasteiger partial charge in [-0.1, -0.05) is 78.9 Å². The molecule has 0 fully saturated rings. The van der Waals surface area contributed by atoms with E-state index in [4.69, 9.17) is 9.41 Å². The number of para-hydroxylation sites is 2. The van der Waals surface area contributed by atoms with Crippen molar-refractivity contribution in [3.63, 3.8) is 0 Å². The summed E-state index contributed by atoms with van der Waals surface area (Å²) in [5.74, 6) is 0.955. The molecule has 3 aromatic heterocycles. The fourth-order valence-corrected chi connectivity index (χ4v) is 6.09. The Kier molecular flexibility index (Phi) is 3.30. The predicted molar refractivity (Wildman–Crippen MR) is 149 cm³/mol. The van der Waals surface area contributed by atoms with E-state index in [0.717, 1.165) is 44.7 Å². The van der Waals surface area contributed by atoms with E-state index in [1.807, 2.05) is 18.2 Å². The fourth-order valence-electron chi connectivity index (χ4n) is 6.09. The molecule has 4 heteroatoms. The van der Waals surface area contributed by atoms with Gasteiger partial charge in [-0.2, -0.15) is 0 Å². The highest BCUT2D eigenvalue weighted by atomic mass is 16.3. The molecule has 1 N–H and O–H groups in total. The van der Waals surface area contributed by atoms with E-state index in [1.54, 1.807) is 0 Å². The van der Waals surface area contributed by atoms with Crippen LogP contribution < -0.4 is 5.32 Å². The highest BCUT2D eigenvalue weighted by Gasteiger charge is 2.29. The first kappa shape index (κ1) is 18.5. The minimum Gasteiger partial charge on any atom is -0.456 e. The van der Waals surface area contributed by atoms with Gasteiger partial charge in [0.15, 0.2) is 5.82 Å². The first-order valence-electron chi connectivity index (χ1n) is 12.3. The lowest BCUT2D eigenvalue weighted by Gasteiger charge is -2.25. The Morgan fingerprint density at radius 3 is 2.53 bits per heavy atom. The van der Waals surface area contributed by atoms with Crippen molar-refractivity contribution in [1.29, 1.82) is 0 Å². The Bertz CT molecular complexity index is 2120. The van der Waals surface area contributed by atoms with E-state index in [-0.39, 0.29) is 6.04 Å². The molecule has 4 heterocycles. The second-order valence-corrected chi connectivity index (χ2v) is 9.68. The van der Waals surface area contributed by atoms with Gasteiger partial charge in [-0.05, 0) is 29.3 Å². The number of hydrogen-bond donors (Lipinski definition) is 1. The molecule has 0 radical (unpaired) electrons. The van der Waals surface area contributed by atoms with E-state index >= 15 is 0 Å². The first-order chi connectivity index (χ1) is 17.8. The van der Waals surface area contributed by atoms with Crippen LogP contribution in [0.3, 0.4) is 0 Å².